The number of nitrogens with two attached hydrogens (primary N) is 1. The highest BCUT2D eigenvalue weighted by Crippen LogP contribution is 2.24. The summed E-state index contributed by atoms with van der Waals surface area (Å²) in [4.78, 5) is 10.6. The largest absolute Gasteiger partial charge is 0.496 e. The molecule has 80 valence electrons. The first-order valence-corrected chi connectivity index (χ1v) is 4.67. The van der Waals surface area contributed by atoms with E-state index in [0.29, 0.717) is 0 Å². The van der Waals surface area contributed by atoms with E-state index >= 15 is 0 Å². The fourth-order valence-corrected chi connectivity index (χ4v) is 1.58. The van der Waals surface area contributed by atoms with E-state index < -0.39 is 5.91 Å². The Bertz CT molecular complexity index is 385. The summed E-state index contributed by atoms with van der Waals surface area (Å²) in [5.41, 5.74) is 8.06. The molecule has 0 bridgehead atoms. The molecule has 0 saturated carbocycles. The summed E-state index contributed by atoms with van der Waals surface area (Å²) >= 11 is 0. The molecule has 0 saturated heterocycles. The minimum Gasteiger partial charge on any atom is -0.496 e. The van der Waals surface area contributed by atoms with Crippen molar-refractivity contribution in [1.82, 2.24) is 0 Å². The molecule has 0 atom stereocenters. The first-order valence-electron chi connectivity index (χ1n) is 4.67. The summed E-state index contributed by atoms with van der Waals surface area (Å²) in [6, 6.07) is 3.90. The molecule has 1 amide bonds. The normalized spacial score (nSPS) is 10.6. The van der Waals surface area contributed by atoms with E-state index in [4.69, 9.17) is 10.5 Å². The van der Waals surface area contributed by atoms with Gasteiger partial charge in [0.1, 0.15) is 5.75 Å². The van der Waals surface area contributed by atoms with Crippen LogP contribution in [0, 0.1) is 13.8 Å². The number of carbonyl (C=O) groups is 1. The predicted molar refractivity (Wildman–Crippen MR) is 60.7 cm³/mol. The molecule has 0 radical (unpaired) electrons. The van der Waals surface area contributed by atoms with Crippen LogP contribution in [0.5, 0.6) is 5.75 Å². The van der Waals surface area contributed by atoms with Crippen molar-refractivity contribution >= 4 is 12.0 Å². The third-order valence-electron chi connectivity index (χ3n) is 2.13. The van der Waals surface area contributed by atoms with Gasteiger partial charge in [0.05, 0.1) is 7.11 Å². The van der Waals surface area contributed by atoms with Crippen LogP contribution in [0.4, 0.5) is 0 Å². The lowest BCUT2D eigenvalue weighted by Crippen LogP contribution is -2.05. The highest BCUT2D eigenvalue weighted by Gasteiger charge is 2.03. The minimum absolute atomic E-state index is 0.443. The average molecular weight is 205 g/mol. The van der Waals surface area contributed by atoms with Gasteiger partial charge in [0.25, 0.3) is 0 Å². The zero-order valence-electron chi connectivity index (χ0n) is 9.20. The van der Waals surface area contributed by atoms with Gasteiger partial charge in [-0.2, -0.15) is 0 Å². The molecule has 0 aliphatic rings. The quantitative estimate of drug-likeness (QED) is 0.765. The van der Waals surface area contributed by atoms with Gasteiger partial charge in [0.15, 0.2) is 0 Å². The van der Waals surface area contributed by atoms with Crippen LogP contribution in [0.25, 0.3) is 6.08 Å². The van der Waals surface area contributed by atoms with Crippen molar-refractivity contribution in [2.45, 2.75) is 13.8 Å². The first-order chi connectivity index (χ1) is 7.04. The van der Waals surface area contributed by atoms with Gasteiger partial charge in [-0.3, -0.25) is 4.79 Å². The highest BCUT2D eigenvalue weighted by molar-refractivity contribution is 5.90. The topological polar surface area (TPSA) is 52.3 Å². The van der Waals surface area contributed by atoms with E-state index in [0.717, 1.165) is 22.4 Å². The molecule has 0 unspecified atom stereocenters. The Labute approximate surface area is 89.5 Å². The van der Waals surface area contributed by atoms with Crippen molar-refractivity contribution in [2.24, 2.45) is 5.73 Å². The molecular weight excluding hydrogens is 190 g/mol. The van der Waals surface area contributed by atoms with Crippen LogP contribution in [-0.2, 0) is 4.79 Å². The van der Waals surface area contributed by atoms with Gasteiger partial charge < -0.3 is 10.5 Å². The molecular formula is C12H15NO2. The molecule has 0 aliphatic heterocycles. The molecule has 3 heteroatoms. The van der Waals surface area contributed by atoms with Gasteiger partial charge in [-0.05, 0) is 48.7 Å². The van der Waals surface area contributed by atoms with E-state index in [1.807, 2.05) is 26.0 Å². The summed E-state index contributed by atoms with van der Waals surface area (Å²) in [6.07, 6.45) is 3.04. The summed E-state index contributed by atoms with van der Waals surface area (Å²) in [6.45, 7) is 3.93. The molecule has 1 aromatic carbocycles. The minimum atomic E-state index is -0.443. The van der Waals surface area contributed by atoms with Crippen molar-refractivity contribution in [3.8, 4) is 5.75 Å². The lowest BCUT2D eigenvalue weighted by atomic mass is 10.1. The fourth-order valence-electron chi connectivity index (χ4n) is 1.58. The van der Waals surface area contributed by atoms with Crippen LogP contribution >= 0.6 is 0 Å². The average Bonchev–Trinajstić information content (AvgIpc) is 2.14. The van der Waals surface area contributed by atoms with Crippen LogP contribution < -0.4 is 10.5 Å². The van der Waals surface area contributed by atoms with Crippen LogP contribution in [-0.4, -0.2) is 13.0 Å². The second-order valence-electron chi connectivity index (χ2n) is 3.42. The predicted octanol–water partition coefficient (Wildman–Crippen LogP) is 1.81. The Morgan fingerprint density at radius 2 is 1.87 bits per heavy atom. The second-order valence-corrected chi connectivity index (χ2v) is 3.42. The van der Waals surface area contributed by atoms with Gasteiger partial charge >= 0.3 is 0 Å². The molecule has 0 fully saturated rings. The Kier molecular flexibility index (Phi) is 3.50. The maximum Gasteiger partial charge on any atom is 0.241 e. The zero-order chi connectivity index (χ0) is 11.4. The molecule has 3 nitrogen and oxygen atoms in total. The van der Waals surface area contributed by atoms with Crippen molar-refractivity contribution in [3.63, 3.8) is 0 Å². The van der Waals surface area contributed by atoms with Crippen molar-refractivity contribution in [3.05, 3.63) is 34.9 Å². The van der Waals surface area contributed by atoms with Crippen molar-refractivity contribution < 1.29 is 9.53 Å². The van der Waals surface area contributed by atoms with E-state index in [-0.39, 0.29) is 0 Å². The van der Waals surface area contributed by atoms with Gasteiger partial charge in [-0.25, -0.2) is 0 Å². The Balaban J connectivity index is 3.09. The molecule has 0 heterocycles. The summed E-state index contributed by atoms with van der Waals surface area (Å²) in [5.74, 6) is 0.437. The lowest BCUT2D eigenvalue weighted by molar-refractivity contribution is -0.113. The third-order valence-corrected chi connectivity index (χ3v) is 2.13. The number of carbonyl (C=O) groups excluding carboxylic acids is 1. The molecule has 1 rings (SSSR count). The third kappa shape index (κ3) is 2.84. The number of rotatable bonds is 3. The Morgan fingerprint density at radius 3 is 2.27 bits per heavy atom. The summed E-state index contributed by atoms with van der Waals surface area (Å²) in [5, 5.41) is 0. The van der Waals surface area contributed by atoms with Crippen LogP contribution in [0.2, 0.25) is 0 Å². The molecule has 15 heavy (non-hydrogen) atoms. The zero-order valence-corrected chi connectivity index (χ0v) is 9.20. The number of aryl methyl sites for hydroxylation is 2. The number of methoxy groups -OCH3 is 1. The number of hydrogen-bond acceptors (Lipinski definition) is 2. The lowest BCUT2D eigenvalue weighted by Gasteiger charge is -2.09. The van der Waals surface area contributed by atoms with E-state index in [1.54, 1.807) is 13.2 Å². The van der Waals surface area contributed by atoms with Crippen LogP contribution in [0.15, 0.2) is 18.2 Å². The van der Waals surface area contributed by atoms with Crippen molar-refractivity contribution in [1.29, 1.82) is 0 Å². The van der Waals surface area contributed by atoms with E-state index in [2.05, 4.69) is 0 Å². The highest BCUT2D eigenvalue weighted by atomic mass is 16.5. The Morgan fingerprint density at radius 1 is 1.33 bits per heavy atom. The van der Waals surface area contributed by atoms with Gasteiger partial charge in [0.2, 0.25) is 5.91 Å². The molecule has 2 N–H and O–H groups in total. The fraction of sp³-hybridized carbons (Fsp3) is 0.250. The van der Waals surface area contributed by atoms with Gasteiger partial charge in [-0.15, -0.1) is 0 Å². The van der Waals surface area contributed by atoms with Gasteiger partial charge in [0, 0.05) is 6.08 Å². The number of ether oxygens (including phenoxy) is 1. The maximum absolute atomic E-state index is 10.6. The SMILES string of the molecule is COc1c(C)cc(C=CC(N)=O)cc1C. The first kappa shape index (κ1) is 11.3. The van der Waals surface area contributed by atoms with Crippen LogP contribution in [0.1, 0.15) is 16.7 Å². The standard InChI is InChI=1S/C12H15NO2/c1-8-6-10(4-5-11(13)14)7-9(2)12(8)15-3/h4-7H,1-3H3,(H2,13,14). The van der Waals surface area contributed by atoms with E-state index in [1.165, 1.54) is 6.08 Å². The smallest absolute Gasteiger partial charge is 0.241 e. The molecule has 1 aromatic rings. The van der Waals surface area contributed by atoms with Crippen molar-refractivity contribution in [2.75, 3.05) is 7.11 Å². The van der Waals surface area contributed by atoms with Gasteiger partial charge in [-0.1, -0.05) is 0 Å². The Hall–Kier alpha value is -1.77. The number of amides is 1. The molecule has 0 aromatic heterocycles. The molecule has 0 aliphatic carbocycles. The number of benzene rings is 1. The second kappa shape index (κ2) is 4.64. The summed E-state index contributed by atoms with van der Waals surface area (Å²) < 4.78 is 5.24. The monoisotopic (exact) mass is 205 g/mol. The molecule has 0 spiro atoms. The van der Waals surface area contributed by atoms with E-state index in [9.17, 15) is 4.79 Å². The maximum atomic E-state index is 10.6. The number of primary amides is 1. The number of hydrogen-bond donors (Lipinski definition) is 1. The summed E-state index contributed by atoms with van der Waals surface area (Å²) in [7, 11) is 1.65. The van der Waals surface area contributed by atoms with Crippen LogP contribution in [0.3, 0.4) is 0 Å².